The molecule has 5 rings (SSSR count). The third kappa shape index (κ3) is 10.3. The fourth-order valence-electron chi connectivity index (χ4n) is 5.23. The minimum Gasteiger partial charge on any atom is -0.464 e. The Morgan fingerprint density at radius 1 is 0.565 bits per heavy atom. The largest absolute Gasteiger partial charge is 0.464 e. The van der Waals surface area contributed by atoms with Crippen LogP contribution in [-0.2, 0) is 64.4 Å². The van der Waals surface area contributed by atoms with Crippen LogP contribution in [0, 0.1) is 0 Å². The van der Waals surface area contributed by atoms with E-state index in [1.165, 1.54) is 0 Å². The van der Waals surface area contributed by atoms with Gasteiger partial charge in [0.15, 0.2) is 6.29 Å². The fourth-order valence-corrected chi connectivity index (χ4v) is 5.23. The van der Waals surface area contributed by atoms with Gasteiger partial charge in [-0.3, -0.25) is 0 Å². The Morgan fingerprint density at radius 2 is 1.00 bits per heavy atom. The van der Waals surface area contributed by atoms with Crippen LogP contribution in [0.25, 0.3) is 0 Å². The normalized spacial score (nSPS) is 21.1. The van der Waals surface area contributed by atoms with Crippen LogP contribution >= 0.6 is 0 Å². The van der Waals surface area contributed by atoms with Crippen molar-refractivity contribution in [1.29, 1.82) is 0 Å². The molecule has 5 atom stereocenters. The van der Waals surface area contributed by atoms with Gasteiger partial charge in [0.05, 0.1) is 39.6 Å². The monoisotopic (exact) mass is 626 g/mol. The number of carbonyl (C=O) groups excluding carboxylic acids is 1. The summed E-state index contributed by atoms with van der Waals surface area (Å²) in [6.07, 6.45) is -3.54. The molecule has 4 aromatic rings. The summed E-state index contributed by atoms with van der Waals surface area (Å²) in [5, 5.41) is 0. The van der Waals surface area contributed by atoms with E-state index < -0.39 is 36.7 Å². The van der Waals surface area contributed by atoms with Gasteiger partial charge in [-0.1, -0.05) is 121 Å². The van der Waals surface area contributed by atoms with Crippen molar-refractivity contribution in [1.82, 2.24) is 0 Å². The standard InChI is InChI=1S/C38H42O8/c1-2-41-34(39)28-45-38-37(44-26-32-21-13-6-14-22-32)36(43-25-31-19-11-5-12-20-31)35(42-24-30-17-9-4-10-18-30)33(46-38)27-40-23-29-15-7-3-8-16-29/h3-22,33,35-38H,2,23-28H2,1H3/t33-,35-,36+,37-,38?/m1/s1. The van der Waals surface area contributed by atoms with Crippen LogP contribution in [0.2, 0.25) is 0 Å². The maximum Gasteiger partial charge on any atom is 0.332 e. The molecular weight excluding hydrogens is 584 g/mol. The summed E-state index contributed by atoms with van der Waals surface area (Å²) in [5.74, 6) is -0.492. The van der Waals surface area contributed by atoms with E-state index in [2.05, 4.69) is 0 Å². The van der Waals surface area contributed by atoms with Crippen molar-refractivity contribution in [2.24, 2.45) is 0 Å². The van der Waals surface area contributed by atoms with E-state index in [1.54, 1.807) is 6.92 Å². The molecule has 0 saturated carbocycles. The molecule has 0 aliphatic carbocycles. The Labute approximate surface area is 271 Å². The number of carbonyl (C=O) groups is 1. The molecule has 46 heavy (non-hydrogen) atoms. The fraction of sp³-hybridized carbons (Fsp3) is 0.342. The first-order chi connectivity index (χ1) is 22.7. The minimum atomic E-state index is -0.962. The van der Waals surface area contributed by atoms with Gasteiger partial charge in [-0.2, -0.15) is 0 Å². The lowest BCUT2D eigenvalue weighted by atomic mass is 9.97. The smallest absolute Gasteiger partial charge is 0.332 e. The SMILES string of the molecule is CCOC(=O)COC1O[C@H](COCc2ccccc2)[C@@H](OCc2ccccc2)[C@H](OCc2ccccc2)[C@H]1OCc1ccccc1. The maximum absolute atomic E-state index is 12.4. The Balaban J connectivity index is 1.43. The van der Waals surface area contributed by atoms with Gasteiger partial charge in [0.2, 0.25) is 0 Å². The van der Waals surface area contributed by atoms with Crippen molar-refractivity contribution in [3.05, 3.63) is 144 Å². The van der Waals surface area contributed by atoms with Gasteiger partial charge in [-0.15, -0.1) is 0 Å². The van der Waals surface area contributed by atoms with Crippen LogP contribution in [0.5, 0.6) is 0 Å². The quantitative estimate of drug-likeness (QED) is 0.127. The van der Waals surface area contributed by atoms with Gasteiger partial charge in [-0.25, -0.2) is 4.79 Å². The van der Waals surface area contributed by atoms with Crippen molar-refractivity contribution >= 4 is 5.97 Å². The van der Waals surface area contributed by atoms with Crippen LogP contribution in [0.1, 0.15) is 29.2 Å². The summed E-state index contributed by atoms with van der Waals surface area (Å²) < 4.78 is 43.8. The van der Waals surface area contributed by atoms with Crippen molar-refractivity contribution in [3.8, 4) is 0 Å². The molecule has 1 heterocycles. The highest BCUT2D eigenvalue weighted by molar-refractivity contribution is 5.70. The Bertz CT molecular complexity index is 1400. The zero-order valence-corrected chi connectivity index (χ0v) is 26.1. The number of benzene rings is 4. The van der Waals surface area contributed by atoms with Crippen molar-refractivity contribution in [2.75, 3.05) is 19.8 Å². The molecule has 1 aliphatic rings. The van der Waals surface area contributed by atoms with Crippen LogP contribution in [0.4, 0.5) is 0 Å². The predicted molar refractivity (Wildman–Crippen MR) is 172 cm³/mol. The molecule has 1 fully saturated rings. The molecular formula is C38H42O8. The number of hydrogen-bond acceptors (Lipinski definition) is 8. The first-order valence-electron chi connectivity index (χ1n) is 15.7. The highest BCUT2D eigenvalue weighted by Gasteiger charge is 2.49. The molecule has 1 aliphatic heterocycles. The lowest BCUT2D eigenvalue weighted by molar-refractivity contribution is -0.327. The van der Waals surface area contributed by atoms with E-state index in [4.69, 9.17) is 33.2 Å². The Hall–Kier alpha value is -3.89. The van der Waals surface area contributed by atoms with Gasteiger partial charge in [0.1, 0.15) is 31.0 Å². The van der Waals surface area contributed by atoms with Crippen LogP contribution < -0.4 is 0 Å². The van der Waals surface area contributed by atoms with E-state index in [0.717, 1.165) is 22.3 Å². The second-order valence-electron chi connectivity index (χ2n) is 10.9. The average molecular weight is 627 g/mol. The van der Waals surface area contributed by atoms with Gasteiger partial charge >= 0.3 is 5.97 Å². The molecule has 4 aromatic carbocycles. The van der Waals surface area contributed by atoms with Crippen LogP contribution in [-0.4, -0.2) is 56.5 Å². The first kappa shape index (κ1) is 33.5. The lowest BCUT2D eigenvalue weighted by Gasteiger charge is -2.45. The molecule has 242 valence electrons. The van der Waals surface area contributed by atoms with Crippen LogP contribution in [0.15, 0.2) is 121 Å². The summed E-state index contributed by atoms with van der Waals surface area (Å²) in [4.78, 5) is 12.4. The van der Waals surface area contributed by atoms with Gasteiger partial charge in [0.25, 0.3) is 0 Å². The van der Waals surface area contributed by atoms with E-state index in [0.29, 0.717) is 19.8 Å². The molecule has 8 heteroatoms. The molecule has 0 N–H and O–H groups in total. The zero-order valence-electron chi connectivity index (χ0n) is 26.1. The molecule has 1 saturated heterocycles. The number of rotatable bonds is 17. The minimum absolute atomic E-state index is 0.199. The molecule has 0 radical (unpaired) electrons. The molecule has 0 spiro atoms. The number of esters is 1. The number of ether oxygens (including phenoxy) is 7. The summed E-state index contributed by atoms with van der Waals surface area (Å²) >= 11 is 0. The zero-order chi connectivity index (χ0) is 31.8. The Kier molecular flexibility index (Phi) is 13.3. The second-order valence-corrected chi connectivity index (χ2v) is 10.9. The van der Waals surface area contributed by atoms with Crippen molar-refractivity contribution in [3.63, 3.8) is 0 Å². The molecule has 0 amide bonds. The van der Waals surface area contributed by atoms with Gasteiger partial charge in [0, 0.05) is 0 Å². The third-order valence-electron chi connectivity index (χ3n) is 7.51. The van der Waals surface area contributed by atoms with Gasteiger partial charge < -0.3 is 33.2 Å². The first-order valence-corrected chi connectivity index (χ1v) is 15.7. The third-order valence-corrected chi connectivity index (χ3v) is 7.51. The average Bonchev–Trinajstić information content (AvgIpc) is 3.10. The highest BCUT2D eigenvalue weighted by atomic mass is 16.7. The van der Waals surface area contributed by atoms with E-state index in [9.17, 15) is 4.79 Å². The summed E-state index contributed by atoms with van der Waals surface area (Å²) in [6, 6.07) is 39.7. The van der Waals surface area contributed by atoms with Gasteiger partial charge in [-0.05, 0) is 29.2 Å². The van der Waals surface area contributed by atoms with Crippen molar-refractivity contribution in [2.45, 2.75) is 64.1 Å². The van der Waals surface area contributed by atoms with E-state index in [1.807, 2.05) is 121 Å². The van der Waals surface area contributed by atoms with E-state index in [-0.39, 0.29) is 26.4 Å². The predicted octanol–water partition coefficient (Wildman–Crippen LogP) is 6.26. The summed E-state index contributed by atoms with van der Waals surface area (Å²) in [6.45, 7) is 3.20. The van der Waals surface area contributed by atoms with Crippen LogP contribution in [0.3, 0.4) is 0 Å². The second kappa shape index (κ2) is 18.3. The molecule has 8 nitrogen and oxygen atoms in total. The maximum atomic E-state index is 12.4. The topological polar surface area (TPSA) is 81.7 Å². The van der Waals surface area contributed by atoms with E-state index >= 15 is 0 Å². The molecule has 1 unspecified atom stereocenters. The van der Waals surface area contributed by atoms with Crippen molar-refractivity contribution < 1.29 is 38.0 Å². The highest BCUT2D eigenvalue weighted by Crippen LogP contribution is 2.31. The molecule has 0 aromatic heterocycles. The number of hydrogen-bond donors (Lipinski definition) is 0. The lowest BCUT2D eigenvalue weighted by Crippen LogP contribution is -2.62. The summed E-state index contributed by atoms with van der Waals surface area (Å²) in [7, 11) is 0. The molecule has 0 bridgehead atoms. The summed E-state index contributed by atoms with van der Waals surface area (Å²) in [5.41, 5.74) is 4.02. The Morgan fingerprint density at radius 3 is 1.48 bits per heavy atom.